The lowest BCUT2D eigenvalue weighted by Gasteiger charge is -2.33. The molecule has 1 fully saturated rings. The van der Waals surface area contributed by atoms with Crippen molar-refractivity contribution in [2.75, 3.05) is 31.6 Å². The highest BCUT2D eigenvalue weighted by molar-refractivity contribution is 5.67. The third kappa shape index (κ3) is 5.58. The number of rotatable bonds is 4. The smallest absolute Gasteiger partial charge is 0.407 e. The average molecular weight is 322 g/mol. The van der Waals surface area contributed by atoms with Crippen molar-refractivity contribution in [1.82, 2.24) is 15.3 Å². The molecule has 0 spiro atoms. The van der Waals surface area contributed by atoms with Crippen molar-refractivity contribution in [2.24, 2.45) is 5.92 Å². The fourth-order valence-corrected chi connectivity index (χ4v) is 2.60. The van der Waals surface area contributed by atoms with Gasteiger partial charge >= 0.3 is 6.09 Å². The van der Waals surface area contributed by atoms with Gasteiger partial charge in [-0.15, -0.1) is 0 Å². The monoisotopic (exact) mass is 322 g/mol. The predicted octanol–water partition coefficient (Wildman–Crippen LogP) is 2.23. The van der Waals surface area contributed by atoms with Gasteiger partial charge in [0.2, 0.25) is 5.88 Å². The van der Waals surface area contributed by atoms with Crippen LogP contribution >= 0.6 is 0 Å². The van der Waals surface area contributed by atoms with Gasteiger partial charge in [-0.3, -0.25) is 0 Å². The number of aromatic nitrogens is 2. The Labute approximate surface area is 137 Å². The molecular formula is C16H26N4O3. The molecular weight excluding hydrogens is 296 g/mol. The number of nitrogens with one attached hydrogen (secondary N) is 1. The SMILES string of the molecule is COc1cc(N2CCC[C@@H](CNC(=O)OC(C)(C)C)C2)ncn1. The van der Waals surface area contributed by atoms with Crippen LogP contribution in [0.3, 0.4) is 0 Å². The first kappa shape index (κ1) is 17.3. The maximum absolute atomic E-state index is 11.8. The van der Waals surface area contributed by atoms with E-state index in [0.29, 0.717) is 18.3 Å². The number of hydrogen-bond donors (Lipinski definition) is 1. The lowest BCUT2D eigenvalue weighted by Crippen LogP contribution is -2.42. The van der Waals surface area contributed by atoms with Crippen LogP contribution in [0.5, 0.6) is 5.88 Å². The predicted molar refractivity (Wildman–Crippen MR) is 87.8 cm³/mol. The maximum atomic E-state index is 11.8. The summed E-state index contributed by atoms with van der Waals surface area (Å²) in [4.78, 5) is 22.3. The highest BCUT2D eigenvalue weighted by atomic mass is 16.6. The summed E-state index contributed by atoms with van der Waals surface area (Å²) in [7, 11) is 1.59. The molecule has 1 aromatic heterocycles. The second kappa shape index (κ2) is 7.48. The third-order valence-electron chi connectivity index (χ3n) is 3.61. The van der Waals surface area contributed by atoms with Gasteiger partial charge in [0, 0.05) is 25.7 Å². The summed E-state index contributed by atoms with van der Waals surface area (Å²) in [5.74, 6) is 1.79. The molecule has 0 aliphatic carbocycles. The highest BCUT2D eigenvalue weighted by Gasteiger charge is 2.23. The zero-order chi connectivity index (χ0) is 16.9. The van der Waals surface area contributed by atoms with Crippen LogP contribution in [0.4, 0.5) is 10.6 Å². The number of nitrogens with zero attached hydrogens (tertiary/aromatic N) is 3. The number of piperidine rings is 1. The summed E-state index contributed by atoms with van der Waals surface area (Å²) < 4.78 is 10.4. The fourth-order valence-electron chi connectivity index (χ4n) is 2.60. The Morgan fingerprint density at radius 1 is 1.43 bits per heavy atom. The summed E-state index contributed by atoms with van der Waals surface area (Å²) >= 11 is 0. The van der Waals surface area contributed by atoms with E-state index in [9.17, 15) is 4.79 Å². The van der Waals surface area contributed by atoms with Crippen molar-refractivity contribution in [1.29, 1.82) is 0 Å². The molecule has 0 saturated carbocycles. The van der Waals surface area contributed by atoms with Gasteiger partial charge in [-0.1, -0.05) is 0 Å². The van der Waals surface area contributed by atoms with Crippen molar-refractivity contribution >= 4 is 11.9 Å². The first-order valence-corrected chi connectivity index (χ1v) is 7.95. The van der Waals surface area contributed by atoms with Crippen LogP contribution in [0.15, 0.2) is 12.4 Å². The lowest BCUT2D eigenvalue weighted by molar-refractivity contribution is 0.0517. The van der Waals surface area contributed by atoms with Gasteiger partial charge in [0.05, 0.1) is 7.11 Å². The number of ether oxygens (including phenoxy) is 2. The van der Waals surface area contributed by atoms with E-state index in [-0.39, 0.29) is 6.09 Å². The minimum absolute atomic E-state index is 0.363. The Bertz CT molecular complexity index is 530. The Morgan fingerprint density at radius 2 is 2.22 bits per heavy atom. The van der Waals surface area contributed by atoms with E-state index in [0.717, 1.165) is 31.7 Å². The molecule has 1 aliphatic rings. The van der Waals surface area contributed by atoms with Crippen LogP contribution in [-0.2, 0) is 4.74 Å². The summed E-state index contributed by atoms with van der Waals surface area (Å²) in [6, 6.07) is 1.84. The molecule has 1 atom stereocenters. The number of amides is 1. The molecule has 0 unspecified atom stereocenters. The molecule has 1 saturated heterocycles. The summed E-state index contributed by atoms with van der Waals surface area (Å²) in [5, 5.41) is 2.86. The lowest BCUT2D eigenvalue weighted by atomic mass is 9.98. The maximum Gasteiger partial charge on any atom is 0.407 e. The van der Waals surface area contributed by atoms with E-state index in [1.165, 1.54) is 6.33 Å². The number of anilines is 1. The number of hydrogen-bond acceptors (Lipinski definition) is 6. The number of methoxy groups -OCH3 is 1. The molecule has 7 nitrogen and oxygen atoms in total. The second-order valence-corrected chi connectivity index (χ2v) is 6.76. The van der Waals surface area contributed by atoms with Crippen LogP contribution < -0.4 is 15.0 Å². The largest absolute Gasteiger partial charge is 0.481 e. The van der Waals surface area contributed by atoms with E-state index >= 15 is 0 Å². The molecule has 1 N–H and O–H groups in total. The second-order valence-electron chi connectivity index (χ2n) is 6.76. The molecule has 1 aliphatic heterocycles. The van der Waals surface area contributed by atoms with Crippen LogP contribution in [0.1, 0.15) is 33.6 Å². The van der Waals surface area contributed by atoms with Gasteiger partial charge in [-0.05, 0) is 39.5 Å². The first-order valence-electron chi connectivity index (χ1n) is 7.95. The molecule has 0 bridgehead atoms. The molecule has 0 radical (unpaired) electrons. The highest BCUT2D eigenvalue weighted by Crippen LogP contribution is 2.23. The minimum atomic E-state index is -0.472. The quantitative estimate of drug-likeness (QED) is 0.916. The summed E-state index contributed by atoms with van der Waals surface area (Å²) in [6.45, 7) is 7.97. The normalized spacial score (nSPS) is 18.4. The van der Waals surface area contributed by atoms with Gasteiger partial charge in [-0.2, -0.15) is 0 Å². The molecule has 1 aromatic rings. The third-order valence-corrected chi connectivity index (χ3v) is 3.61. The Morgan fingerprint density at radius 3 is 2.91 bits per heavy atom. The van der Waals surface area contributed by atoms with E-state index < -0.39 is 5.60 Å². The zero-order valence-corrected chi connectivity index (χ0v) is 14.3. The summed E-state index contributed by atoms with van der Waals surface area (Å²) in [5.41, 5.74) is -0.472. The molecule has 2 rings (SSSR count). The van der Waals surface area contributed by atoms with Gasteiger partial charge in [0.25, 0.3) is 0 Å². The van der Waals surface area contributed by atoms with Crippen LogP contribution in [-0.4, -0.2) is 48.4 Å². The number of alkyl carbamates (subject to hydrolysis) is 1. The average Bonchev–Trinajstić information content (AvgIpc) is 2.52. The Kier molecular flexibility index (Phi) is 5.63. The van der Waals surface area contributed by atoms with Crippen molar-refractivity contribution in [3.63, 3.8) is 0 Å². The molecule has 23 heavy (non-hydrogen) atoms. The van der Waals surface area contributed by atoms with Gasteiger partial charge in [0.15, 0.2) is 0 Å². The molecule has 2 heterocycles. The minimum Gasteiger partial charge on any atom is -0.481 e. The number of carbonyl (C=O) groups excluding carboxylic acids is 1. The van der Waals surface area contributed by atoms with E-state index in [1.54, 1.807) is 7.11 Å². The van der Waals surface area contributed by atoms with E-state index in [1.807, 2.05) is 26.8 Å². The van der Waals surface area contributed by atoms with Crippen LogP contribution in [0, 0.1) is 5.92 Å². The fraction of sp³-hybridized carbons (Fsp3) is 0.688. The zero-order valence-electron chi connectivity index (χ0n) is 14.3. The Hall–Kier alpha value is -2.05. The van der Waals surface area contributed by atoms with Crippen LogP contribution in [0.25, 0.3) is 0 Å². The molecule has 1 amide bonds. The van der Waals surface area contributed by atoms with E-state index in [4.69, 9.17) is 9.47 Å². The standard InChI is InChI=1S/C16H26N4O3/c1-16(2,3)23-15(21)17-9-12-6-5-7-20(10-12)13-8-14(22-4)19-11-18-13/h8,11-12H,5-7,9-10H2,1-4H3,(H,17,21)/t12-/m0/s1. The van der Waals surface area contributed by atoms with Crippen LogP contribution in [0.2, 0.25) is 0 Å². The van der Waals surface area contributed by atoms with Gasteiger partial charge < -0.3 is 19.7 Å². The molecule has 7 heteroatoms. The van der Waals surface area contributed by atoms with E-state index in [2.05, 4.69) is 20.2 Å². The Balaban J connectivity index is 1.87. The topological polar surface area (TPSA) is 76.6 Å². The van der Waals surface area contributed by atoms with Gasteiger partial charge in [0.1, 0.15) is 17.7 Å². The van der Waals surface area contributed by atoms with Crippen molar-refractivity contribution in [3.8, 4) is 5.88 Å². The summed E-state index contributed by atoms with van der Waals surface area (Å²) in [6.07, 6.45) is 3.29. The first-order chi connectivity index (χ1) is 10.9. The molecule has 0 aromatic carbocycles. The van der Waals surface area contributed by atoms with Gasteiger partial charge in [-0.25, -0.2) is 14.8 Å². The van der Waals surface area contributed by atoms with Crippen molar-refractivity contribution in [3.05, 3.63) is 12.4 Å². The van der Waals surface area contributed by atoms with Crippen molar-refractivity contribution < 1.29 is 14.3 Å². The van der Waals surface area contributed by atoms with Crippen molar-refractivity contribution in [2.45, 2.75) is 39.2 Å². The number of carbonyl (C=O) groups is 1. The molecule has 128 valence electrons.